The van der Waals surface area contributed by atoms with Crippen molar-refractivity contribution in [3.63, 3.8) is 0 Å². The van der Waals surface area contributed by atoms with Gasteiger partial charge in [-0.15, -0.1) is 0 Å². The summed E-state index contributed by atoms with van der Waals surface area (Å²) in [6.07, 6.45) is 5.81. The van der Waals surface area contributed by atoms with Gasteiger partial charge in [-0.1, -0.05) is 27.7 Å². The van der Waals surface area contributed by atoms with E-state index < -0.39 is 0 Å². The molecule has 2 rings (SSSR count). The zero-order valence-corrected chi connectivity index (χ0v) is 13.8. The van der Waals surface area contributed by atoms with Crippen LogP contribution in [0, 0.1) is 0 Å². The molecule has 0 aliphatic rings. The van der Waals surface area contributed by atoms with Gasteiger partial charge < -0.3 is 5.32 Å². The van der Waals surface area contributed by atoms with E-state index in [4.69, 9.17) is 0 Å². The fourth-order valence-corrected chi connectivity index (χ4v) is 2.65. The average Bonchev–Trinajstić information content (AvgIpc) is 2.81. The van der Waals surface area contributed by atoms with E-state index in [1.807, 2.05) is 24.1 Å². The fraction of sp³-hybridized carbons (Fsp3) is 0.529. The van der Waals surface area contributed by atoms with E-state index >= 15 is 0 Å². The first kappa shape index (κ1) is 15.7. The second kappa shape index (κ2) is 6.85. The third-order valence-corrected chi connectivity index (χ3v) is 3.71. The Bertz CT molecular complexity index is 599. The van der Waals surface area contributed by atoms with Gasteiger partial charge in [0, 0.05) is 48.8 Å². The molecule has 0 fully saturated rings. The molecule has 0 atom stereocenters. The monoisotopic (exact) mass is 286 g/mol. The summed E-state index contributed by atoms with van der Waals surface area (Å²) in [5.41, 5.74) is 6.10. The second-order valence-electron chi connectivity index (χ2n) is 5.72. The quantitative estimate of drug-likeness (QED) is 0.887. The van der Waals surface area contributed by atoms with E-state index in [1.54, 1.807) is 0 Å². The molecule has 2 aromatic heterocycles. The third kappa shape index (κ3) is 3.50. The van der Waals surface area contributed by atoms with Gasteiger partial charge in [-0.25, -0.2) is 0 Å². The Hall–Kier alpha value is -1.68. The number of pyridine rings is 1. The Kier molecular flexibility index (Phi) is 5.12. The maximum Gasteiger partial charge on any atom is 0.0703 e. The molecule has 0 aliphatic carbocycles. The molecule has 2 aromatic rings. The van der Waals surface area contributed by atoms with Gasteiger partial charge in [0.15, 0.2) is 0 Å². The predicted molar refractivity (Wildman–Crippen MR) is 87.2 cm³/mol. The number of rotatable bonds is 6. The summed E-state index contributed by atoms with van der Waals surface area (Å²) in [5, 5.41) is 8.10. The van der Waals surface area contributed by atoms with Crippen molar-refractivity contribution in [2.24, 2.45) is 7.05 Å². The summed E-state index contributed by atoms with van der Waals surface area (Å²) >= 11 is 0. The smallest absolute Gasteiger partial charge is 0.0703 e. The van der Waals surface area contributed by atoms with Crippen molar-refractivity contribution in [2.75, 3.05) is 0 Å². The molecule has 0 saturated carbocycles. The van der Waals surface area contributed by atoms with Crippen molar-refractivity contribution in [1.29, 1.82) is 0 Å². The van der Waals surface area contributed by atoms with Crippen LogP contribution in [0.1, 0.15) is 44.6 Å². The summed E-state index contributed by atoms with van der Waals surface area (Å²) in [6, 6.07) is 2.71. The van der Waals surface area contributed by atoms with Gasteiger partial charge in [-0.05, 0) is 24.5 Å². The van der Waals surface area contributed by atoms with Crippen LogP contribution in [0.4, 0.5) is 0 Å². The largest absolute Gasteiger partial charge is 0.310 e. The highest BCUT2D eigenvalue weighted by Crippen LogP contribution is 2.28. The van der Waals surface area contributed by atoms with Crippen molar-refractivity contribution in [1.82, 2.24) is 20.1 Å². The fourth-order valence-electron chi connectivity index (χ4n) is 2.65. The van der Waals surface area contributed by atoms with Gasteiger partial charge in [-0.3, -0.25) is 9.67 Å². The summed E-state index contributed by atoms with van der Waals surface area (Å²) in [7, 11) is 2.03. The molecule has 4 heteroatoms. The number of nitrogens with zero attached hydrogens (tertiary/aromatic N) is 3. The van der Waals surface area contributed by atoms with Gasteiger partial charge in [0.05, 0.1) is 5.69 Å². The molecule has 2 heterocycles. The van der Waals surface area contributed by atoms with E-state index in [2.05, 4.69) is 49.2 Å². The van der Waals surface area contributed by atoms with Gasteiger partial charge in [0.1, 0.15) is 0 Å². The lowest BCUT2D eigenvalue weighted by Gasteiger charge is -2.10. The van der Waals surface area contributed by atoms with E-state index in [0.29, 0.717) is 6.04 Å². The Morgan fingerprint density at radius 2 is 1.95 bits per heavy atom. The average molecular weight is 286 g/mol. The minimum atomic E-state index is 0.476. The minimum absolute atomic E-state index is 0.476. The minimum Gasteiger partial charge on any atom is -0.310 e. The van der Waals surface area contributed by atoms with Crippen molar-refractivity contribution in [3.8, 4) is 11.1 Å². The first-order valence-corrected chi connectivity index (χ1v) is 7.79. The summed E-state index contributed by atoms with van der Waals surface area (Å²) < 4.78 is 2.01. The Morgan fingerprint density at radius 3 is 2.57 bits per heavy atom. The highest BCUT2D eigenvalue weighted by Gasteiger charge is 2.16. The predicted octanol–water partition coefficient (Wildman–Crippen LogP) is 3.10. The van der Waals surface area contributed by atoms with E-state index in [9.17, 15) is 0 Å². The van der Waals surface area contributed by atoms with Crippen LogP contribution < -0.4 is 5.32 Å². The van der Waals surface area contributed by atoms with Crippen LogP contribution in [0.5, 0.6) is 0 Å². The maximum atomic E-state index is 4.65. The molecule has 4 nitrogen and oxygen atoms in total. The SMILES string of the molecule is CCc1nn(C)c(CC)c1-c1cncc(CNC(C)C)c1. The van der Waals surface area contributed by atoms with Crippen LogP contribution in [0.15, 0.2) is 18.5 Å². The van der Waals surface area contributed by atoms with Crippen LogP contribution in [-0.2, 0) is 26.4 Å². The van der Waals surface area contributed by atoms with Crippen molar-refractivity contribution in [2.45, 2.75) is 53.1 Å². The Labute approximate surface area is 127 Å². The van der Waals surface area contributed by atoms with Gasteiger partial charge >= 0.3 is 0 Å². The van der Waals surface area contributed by atoms with Crippen molar-refractivity contribution in [3.05, 3.63) is 35.4 Å². The number of hydrogen-bond acceptors (Lipinski definition) is 3. The number of hydrogen-bond donors (Lipinski definition) is 1. The van der Waals surface area contributed by atoms with Crippen molar-refractivity contribution >= 4 is 0 Å². The first-order chi connectivity index (χ1) is 10.1. The topological polar surface area (TPSA) is 42.7 Å². The zero-order valence-electron chi connectivity index (χ0n) is 13.8. The van der Waals surface area contributed by atoms with Gasteiger partial charge in [-0.2, -0.15) is 5.10 Å². The molecule has 0 aliphatic heterocycles. The normalized spacial score (nSPS) is 11.3. The molecular weight excluding hydrogens is 260 g/mol. The molecule has 0 unspecified atom stereocenters. The van der Waals surface area contributed by atoms with Gasteiger partial charge in [0.2, 0.25) is 0 Å². The summed E-state index contributed by atoms with van der Waals surface area (Å²) in [4.78, 5) is 4.42. The highest BCUT2D eigenvalue weighted by molar-refractivity contribution is 5.68. The Morgan fingerprint density at radius 1 is 1.19 bits per heavy atom. The molecular formula is C17H26N4. The van der Waals surface area contributed by atoms with Crippen LogP contribution in [-0.4, -0.2) is 20.8 Å². The third-order valence-electron chi connectivity index (χ3n) is 3.71. The van der Waals surface area contributed by atoms with Crippen molar-refractivity contribution < 1.29 is 0 Å². The first-order valence-electron chi connectivity index (χ1n) is 7.79. The molecule has 114 valence electrons. The van der Waals surface area contributed by atoms with Crippen LogP contribution in [0.2, 0.25) is 0 Å². The molecule has 0 saturated heterocycles. The molecule has 0 amide bonds. The second-order valence-corrected chi connectivity index (χ2v) is 5.72. The molecule has 0 bridgehead atoms. The number of nitrogens with one attached hydrogen (secondary N) is 1. The number of aryl methyl sites for hydroxylation is 2. The lowest BCUT2D eigenvalue weighted by atomic mass is 10.0. The molecule has 0 aromatic carbocycles. The van der Waals surface area contributed by atoms with E-state index in [-0.39, 0.29) is 0 Å². The molecule has 21 heavy (non-hydrogen) atoms. The van der Waals surface area contributed by atoms with Crippen LogP contribution in [0.3, 0.4) is 0 Å². The molecule has 0 spiro atoms. The molecule has 1 N–H and O–H groups in total. The van der Waals surface area contributed by atoms with E-state index in [0.717, 1.165) is 25.1 Å². The maximum absolute atomic E-state index is 4.65. The standard InChI is InChI=1S/C17H26N4/c1-6-15-17(16(7-2)21(5)20-15)14-8-13(9-18-11-14)10-19-12(3)4/h8-9,11-12,19H,6-7,10H2,1-5H3. The van der Waals surface area contributed by atoms with Crippen LogP contribution >= 0.6 is 0 Å². The Balaban J connectivity index is 2.40. The number of aromatic nitrogens is 3. The summed E-state index contributed by atoms with van der Waals surface area (Å²) in [6.45, 7) is 9.49. The van der Waals surface area contributed by atoms with E-state index in [1.165, 1.54) is 22.4 Å². The van der Waals surface area contributed by atoms with Crippen LogP contribution in [0.25, 0.3) is 11.1 Å². The zero-order chi connectivity index (χ0) is 15.4. The lowest BCUT2D eigenvalue weighted by molar-refractivity contribution is 0.588. The lowest BCUT2D eigenvalue weighted by Crippen LogP contribution is -2.21. The van der Waals surface area contributed by atoms with Gasteiger partial charge in [0.25, 0.3) is 0 Å². The highest BCUT2D eigenvalue weighted by atomic mass is 15.3. The molecule has 0 radical (unpaired) electrons. The summed E-state index contributed by atoms with van der Waals surface area (Å²) in [5.74, 6) is 0.